The zero-order valence-corrected chi connectivity index (χ0v) is 18.6. The second-order valence-electron chi connectivity index (χ2n) is 7.61. The lowest BCUT2D eigenvalue weighted by atomic mass is 10.3. The Morgan fingerprint density at radius 3 is 2.74 bits per heavy atom. The maximum absolute atomic E-state index is 11.9. The number of pyridine rings is 1. The molecule has 31 heavy (non-hydrogen) atoms. The molecular weight excluding hydrogens is 398 g/mol. The van der Waals surface area contributed by atoms with E-state index in [-0.39, 0.29) is 17.3 Å². The molecule has 0 aromatic carbocycles. The van der Waals surface area contributed by atoms with E-state index in [1.807, 2.05) is 51.8 Å². The van der Waals surface area contributed by atoms with Gasteiger partial charge in [-0.15, -0.1) is 0 Å². The number of aryl methyl sites for hydroxylation is 1. The molecule has 0 aliphatic carbocycles. The van der Waals surface area contributed by atoms with Crippen molar-refractivity contribution in [1.29, 1.82) is 0 Å². The van der Waals surface area contributed by atoms with Crippen LogP contribution < -0.4 is 10.2 Å². The van der Waals surface area contributed by atoms with Gasteiger partial charge in [0.2, 0.25) is 5.95 Å². The summed E-state index contributed by atoms with van der Waals surface area (Å²) >= 11 is 0. The van der Waals surface area contributed by atoms with Crippen LogP contribution in [0, 0.1) is 6.92 Å². The molecular formula is C21H29N7O3. The predicted molar refractivity (Wildman–Crippen MR) is 119 cm³/mol. The number of nitrogens with zero attached hydrogens (tertiary/aromatic N) is 6. The summed E-state index contributed by atoms with van der Waals surface area (Å²) in [6.07, 6.45) is 2.61. The molecule has 0 unspecified atom stereocenters. The van der Waals surface area contributed by atoms with Crippen molar-refractivity contribution < 1.29 is 14.6 Å². The standard InChI is InChI=1S/C21H29N7O3/c1-6-10-31-11-9-28-18-16(17(26-28)20(29)30)24-21(27(5)13(2)3)25-19(18)23-15-12-14(4)7-8-22-15/h7-8,12-13H,6,9-11H2,1-5H3,(H,29,30)(H,22,23,24,25). The minimum Gasteiger partial charge on any atom is -0.476 e. The third kappa shape index (κ3) is 5.08. The number of carbonyl (C=O) groups is 1. The van der Waals surface area contributed by atoms with Crippen molar-refractivity contribution in [2.24, 2.45) is 0 Å². The molecule has 166 valence electrons. The van der Waals surface area contributed by atoms with Gasteiger partial charge in [-0.3, -0.25) is 4.68 Å². The van der Waals surface area contributed by atoms with Gasteiger partial charge in [-0.2, -0.15) is 10.1 Å². The lowest BCUT2D eigenvalue weighted by Gasteiger charge is -2.22. The number of hydrogen-bond acceptors (Lipinski definition) is 8. The number of hydrogen-bond donors (Lipinski definition) is 2. The number of fused-ring (bicyclic) bond motifs is 1. The number of nitrogens with one attached hydrogen (secondary N) is 1. The Morgan fingerprint density at radius 2 is 2.10 bits per heavy atom. The van der Waals surface area contributed by atoms with Crippen LogP contribution in [0.15, 0.2) is 18.3 Å². The fourth-order valence-electron chi connectivity index (χ4n) is 2.98. The lowest BCUT2D eigenvalue weighted by Crippen LogP contribution is -2.28. The number of anilines is 3. The first-order chi connectivity index (χ1) is 14.8. The monoisotopic (exact) mass is 427 g/mol. The number of carboxylic acid groups (broad SMARTS) is 1. The average Bonchev–Trinajstić information content (AvgIpc) is 3.09. The molecule has 0 aliphatic rings. The second kappa shape index (κ2) is 9.69. The van der Waals surface area contributed by atoms with Gasteiger partial charge in [0.15, 0.2) is 11.5 Å². The first kappa shape index (κ1) is 22.4. The van der Waals surface area contributed by atoms with Crippen LogP contribution in [-0.2, 0) is 11.3 Å². The van der Waals surface area contributed by atoms with Crippen molar-refractivity contribution in [3.63, 3.8) is 0 Å². The second-order valence-corrected chi connectivity index (χ2v) is 7.61. The van der Waals surface area contributed by atoms with Crippen molar-refractivity contribution in [2.45, 2.75) is 46.7 Å². The molecule has 0 radical (unpaired) electrons. The molecule has 3 heterocycles. The van der Waals surface area contributed by atoms with Gasteiger partial charge in [-0.05, 0) is 44.9 Å². The SMILES string of the molecule is CCCOCCn1nc(C(=O)O)c2nc(N(C)C(C)C)nc(Nc3cc(C)ccn3)c21. The molecule has 10 heteroatoms. The van der Waals surface area contributed by atoms with E-state index in [9.17, 15) is 9.90 Å². The number of aromatic carboxylic acids is 1. The number of rotatable bonds is 10. The number of carboxylic acids is 1. The molecule has 0 saturated heterocycles. The van der Waals surface area contributed by atoms with Crippen LogP contribution >= 0.6 is 0 Å². The average molecular weight is 428 g/mol. The molecule has 3 rings (SSSR count). The molecule has 0 amide bonds. The van der Waals surface area contributed by atoms with E-state index in [0.717, 1.165) is 12.0 Å². The topological polar surface area (TPSA) is 118 Å². The van der Waals surface area contributed by atoms with Gasteiger partial charge >= 0.3 is 5.97 Å². The molecule has 3 aromatic rings. The summed E-state index contributed by atoms with van der Waals surface area (Å²) in [7, 11) is 1.87. The summed E-state index contributed by atoms with van der Waals surface area (Å²) in [5.74, 6) is 0.308. The first-order valence-corrected chi connectivity index (χ1v) is 10.3. The third-order valence-corrected chi connectivity index (χ3v) is 4.83. The van der Waals surface area contributed by atoms with Gasteiger partial charge in [0.25, 0.3) is 0 Å². The summed E-state index contributed by atoms with van der Waals surface area (Å²) in [4.78, 5) is 27.4. The molecule has 0 fully saturated rings. The van der Waals surface area contributed by atoms with Crippen molar-refractivity contribution in [3.8, 4) is 0 Å². The highest BCUT2D eigenvalue weighted by Gasteiger charge is 2.24. The van der Waals surface area contributed by atoms with Crippen LogP contribution in [0.4, 0.5) is 17.6 Å². The van der Waals surface area contributed by atoms with E-state index < -0.39 is 5.97 Å². The Morgan fingerprint density at radius 1 is 1.32 bits per heavy atom. The van der Waals surface area contributed by atoms with Crippen LogP contribution in [0.3, 0.4) is 0 Å². The maximum atomic E-state index is 11.9. The summed E-state index contributed by atoms with van der Waals surface area (Å²) in [6.45, 7) is 9.43. The Kier molecular flexibility index (Phi) is 7.01. The third-order valence-electron chi connectivity index (χ3n) is 4.83. The van der Waals surface area contributed by atoms with Crippen molar-refractivity contribution in [1.82, 2.24) is 24.7 Å². The van der Waals surface area contributed by atoms with Gasteiger partial charge in [0.05, 0.1) is 13.2 Å². The Hall–Kier alpha value is -3.27. The van der Waals surface area contributed by atoms with Crippen molar-refractivity contribution in [3.05, 3.63) is 29.6 Å². The zero-order chi connectivity index (χ0) is 22.5. The summed E-state index contributed by atoms with van der Waals surface area (Å²) in [6, 6.07) is 3.91. The van der Waals surface area contributed by atoms with Gasteiger partial charge in [-0.25, -0.2) is 14.8 Å². The van der Waals surface area contributed by atoms with E-state index in [2.05, 4.69) is 20.4 Å². The van der Waals surface area contributed by atoms with E-state index in [1.165, 1.54) is 0 Å². The Labute approximate surface area is 181 Å². The molecule has 0 atom stereocenters. The molecule has 0 bridgehead atoms. The zero-order valence-electron chi connectivity index (χ0n) is 18.6. The minimum absolute atomic E-state index is 0.119. The van der Waals surface area contributed by atoms with E-state index in [1.54, 1.807) is 10.9 Å². The van der Waals surface area contributed by atoms with Crippen LogP contribution in [0.25, 0.3) is 11.0 Å². The Balaban J connectivity index is 2.16. The summed E-state index contributed by atoms with van der Waals surface area (Å²) in [5.41, 5.74) is 1.69. The fourth-order valence-corrected chi connectivity index (χ4v) is 2.98. The van der Waals surface area contributed by atoms with Crippen molar-refractivity contribution in [2.75, 3.05) is 30.5 Å². The van der Waals surface area contributed by atoms with Crippen LogP contribution in [-0.4, -0.2) is 62.1 Å². The van der Waals surface area contributed by atoms with Gasteiger partial charge < -0.3 is 20.1 Å². The molecule has 2 N–H and O–H groups in total. The summed E-state index contributed by atoms with van der Waals surface area (Å²) < 4.78 is 7.17. The van der Waals surface area contributed by atoms with Crippen molar-refractivity contribution >= 4 is 34.6 Å². The van der Waals surface area contributed by atoms with E-state index in [4.69, 9.17) is 9.72 Å². The number of aromatic nitrogens is 5. The van der Waals surface area contributed by atoms with Crippen LogP contribution in [0.5, 0.6) is 0 Å². The molecule has 0 saturated carbocycles. The molecule has 0 spiro atoms. The first-order valence-electron chi connectivity index (χ1n) is 10.3. The highest BCUT2D eigenvalue weighted by molar-refractivity contribution is 6.03. The quantitative estimate of drug-likeness (QED) is 0.470. The largest absolute Gasteiger partial charge is 0.476 e. The molecule has 0 aliphatic heterocycles. The summed E-state index contributed by atoms with van der Waals surface area (Å²) in [5, 5.41) is 17.3. The lowest BCUT2D eigenvalue weighted by molar-refractivity contribution is 0.0690. The highest BCUT2D eigenvalue weighted by atomic mass is 16.5. The van der Waals surface area contributed by atoms with Crippen LogP contribution in [0.1, 0.15) is 43.2 Å². The maximum Gasteiger partial charge on any atom is 0.358 e. The smallest absolute Gasteiger partial charge is 0.358 e. The van der Waals surface area contributed by atoms with Gasteiger partial charge in [0.1, 0.15) is 16.9 Å². The van der Waals surface area contributed by atoms with Gasteiger partial charge in [-0.1, -0.05) is 6.92 Å². The predicted octanol–water partition coefficient (Wildman–Crippen LogP) is 3.24. The minimum atomic E-state index is -1.14. The Bertz CT molecular complexity index is 1060. The fraction of sp³-hybridized carbons (Fsp3) is 0.476. The molecule has 10 nitrogen and oxygen atoms in total. The molecule has 3 aromatic heterocycles. The van der Waals surface area contributed by atoms with E-state index >= 15 is 0 Å². The van der Waals surface area contributed by atoms with Gasteiger partial charge in [0, 0.05) is 25.9 Å². The van der Waals surface area contributed by atoms with E-state index in [0.29, 0.717) is 42.9 Å². The number of ether oxygens (including phenoxy) is 1. The normalized spacial score (nSPS) is 11.3. The highest BCUT2D eigenvalue weighted by Crippen LogP contribution is 2.29. The van der Waals surface area contributed by atoms with Crippen LogP contribution in [0.2, 0.25) is 0 Å².